The van der Waals surface area contributed by atoms with E-state index in [9.17, 15) is 9.59 Å². The maximum atomic E-state index is 11.6. The molecule has 0 bridgehead atoms. The van der Waals surface area contributed by atoms with E-state index in [1.165, 1.54) is 11.3 Å². The second kappa shape index (κ2) is 5.30. The number of carbonyl (C=O) groups excluding carboxylic acids is 1. The van der Waals surface area contributed by atoms with Crippen LogP contribution in [-0.4, -0.2) is 33.3 Å². The Balaban J connectivity index is 2.65. The van der Waals surface area contributed by atoms with Crippen LogP contribution in [0.2, 0.25) is 0 Å². The first-order chi connectivity index (χ1) is 8.20. The SMILES string of the molecule is Cc1nnc(NC(=O)N[C@H](C(=O)O)C(C)(C)C)s1. The van der Waals surface area contributed by atoms with Crippen LogP contribution in [0.4, 0.5) is 9.93 Å². The van der Waals surface area contributed by atoms with Gasteiger partial charge in [-0.25, -0.2) is 9.59 Å². The van der Waals surface area contributed by atoms with E-state index < -0.39 is 23.5 Å². The zero-order chi connectivity index (χ0) is 13.9. The van der Waals surface area contributed by atoms with E-state index in [1.807, 2.05) is 0 Å². The summed E-state index contributed by atoms with van der Waals surface area (Å²) in [6.45, 7) is 6.97. The van der Waals surface area contributed by atoms with Crippen LogP contribution in [0.15, 0.2) is 0 Å². The smallest absolute Gasteiger partial charge is 0.326 e. The third-order valence-electron chi connectivity index (χ3n) is 2.13. The second-order valence-corrected chi connectivity index (χ2v) is 6.04. The number of anilines is 1. The Hall–Kier alpha value is -1.70. The highest BCUT2D eigenvalue weighted by Crippen LogP contribution is 2.20. The molecule has 0 aliphatic carbocycles. The highest BCUT2D eigenvalue weighted by atomic mass is 32.1. The molecule has 1 rings (SSSR count). The van der Waals surface area contributed by atoms with Crippen LogP contribution in [-0.2, 0) is 4.79 Å². The van der Waals surface area contributed by atoms with Crippen LogP contribution in [0, 0.1) is 12.3 Å². The fourth-order valence-electron chi connectivity index (χ4n) is 1.26. The lowest BCUT2D eigenvalue weighted by Gasteiger charge is -2.27. The molecule has 1 heterocycles. The van der Waals surface area contributed by atoms with E-state index in [4.69, 9.17) is 5.11 Å². The molecule has 3 N–H and O–H groups in total. The molecule has 0 radical (unpaired) electrons. The van der Waals surface area contributed by atoms with Crippen molar-refractivity contribution in [3.05, 3.63) is 5.01 Å². The second-order valence-electron chi connectivity index (χ2n) is 4.86. The lowest BCUT2D eigenvalue weighted by Crippen LogP contribution is -2.50. The molecule has 8 heteroatoms. The van der Waals surface area contributed by atoms with Gasteiger partial charge in [-0.1, -0.05) is 32.1 Å². The number of amides is 2. The van der Waals surface area contributed by atoms with Crippen LogP contribution in [0.25, 0.3) is 0 Å². The first kappa shape index (κ1) is 14.4. The molecule has 0 aliphatic heterocycles. The third-order valence-corrected chi connectivity index (χ3v) is 2.89. The van der Waals surface area contributed by atoms with Crippen LogP contribution >= 0.6 is 11.3 Å². The molecule has 1 aromatic heterocycles. The summed E-state index contributed by atoms with van der Waals surface area (Å²) >= 11 is 1.22. The minimum absolute atomic E-state index is 0.336. The molecular formula is C10H16N4O3S. The Kier molecular flexibility index (Phi) is 4.23. The summed E-state index contributed by atoms with van der Waals surface area (Å²) in [6, 6.07) is -1.58. The van der Waals surface area contributed by atoms with E-state index >= 15 is 0 Å². The molecule has 100 valence electrons. The van der Waals surface area contributed by atoms with Gasteiger partial charge in [0.25, 0.3) is 0 Å². The number of urea groups is 1. The molecule has 0 unspecified atom stereocenters. The van der Waals surface area contributed by atoms with E-state index in [0.29, 0.717) is 5.13 Å². The van der Waals surface area contributed by atoms with Crippen molar-refractivity contribution in [3.63, 3.8) is 0 Å². The number of hydrogen-bond acceptors (Lipinski definition) is 5. The zero-order valence-corrected chi connectivity index (χ0v) is 11.5. The van der Waals surface area contributed by atoms with Crippen molar-refractivity contribution in [1.29, 1.82) is 0 Å². The monoisotopic (exact) mass is 272 g/mol. The van der Waals surface area contributed by atoms with Crippen molar-refractivity contribution in [2.45, 2.75) is 33.7 Å². The van der Waals surface area contributed by atoms with Crippen molar-refractivity contribution in [2.24, 2.45) is 5.41 Å². The summed E-state index contributed by atoms with van der Waals surface area (Å²) < 4.78 is 0. The van der Waals surface area contributed by atoms with Crippen LogP contribution in [0.5, 0.6) is 0 Å². The molecule has 0 aliphatic rings. The van der Waals surface area contributed by atoms with Gasteiger partial charge in [-0.3, -0.25) is 5.32 Å². The predicted octanol–water partition coefficient (Wildman–Crippen LogP) is 1.47. The normalized spacial score (nSPS) is 12.9. The quantitative estimate of drug-likeness (QED) is 0.772. The fraction of sp³-hybridized carbons (Fsp3) is 0.600. The number of carbonyl (C=O) groups is 2. The molecule has 1 atom stereocenters. The molecule has 0 aromatic carbocycles. The number of rotatable bonds is 3. The third kappa shape index (κ3) is 3.95. The number of nitrogens with one attached hydrogen (secondary N) is 2. The van der Waals surface area contributed by atoms with Gasteiger partial charge in [0.05, 0.1) is 0 Å². The van der Waals surface area contributed by atoms with Gasteiger partial charge in [0.1, 0.15) is 11.0 Å². The van der Waals surface area contributed by atoms with Crippen molar-refractivity contribution in [2.75, 3.05) is 5.32 Å². The van der Waals surface area contributed by atoms with Gasteiger partial charge in [-0.15, -0.1) is 10.2 Å². The first-order valence-corrected chi connectivity index (χ1v) is 6.12. The average Bonchev–Trinajstić information content (AvgIpc) is 2.58. The summed E-state index contributed by atoms with van der Waals surface area (Å²) in [4.78, 5) is 22.7. The molecule has 0 saturated heterocycles. The fourth-order valence-corrected chi connectivity index (χ4v) is 1.85. The van der Waals surface area contributed by atoms with Gasteiger partial charge in [0.2, 0.25) is 5.13 Å². The largest absolute Gasteiger partial charge is 0.480 e. The van der Waals surface area contributed by atoms with E-state index in [-0.39, 0.29) is 0 Å². The summed E-state index contributed by atoms with van der Waals surface area (Å²) in [5.41, 5.74) is -0.583. The number of carboxylic acids is 1. The van der Waals surface area contributed by atoms with E-state index in [0.717, 1.165) is 5.01 Å². The van der Waals surface area contributed by atoms with E-state index in [1.54, 1.807) is 27.7 Å². The summed E-state index contributed by atoms with van der Waals surface area (Å²) in [5, 5.41) is 22.4. The lowest BCUT2D eigenvalue weighted by molar-refractivity contribution is -0.141. The summed E-state index contributed by atoms with van der Waals surface area (Å²) in [5.74, 6) is -1.08. The number of aromatic nitrogens is 2. The molecular weight excluding hydrogens is 256 g/mol. The number of aryl methyl sites for hydroxylation is 1. The molecule has 18 heavy (non-hydrogen) atoms. The van der Waals surface area contributed by atoms with Crippen molar-refractivity contribution >= 4 is 28.5 Å². The maximum absolute atomic E-state index is 11.6. The van der Waals surface area contributed by atoms with Gasteiger partial charge in [0, 0.05) is 0 Å². The van der Waals surface area contributed by atoms with Gasteiger partial charge in [-0.2, -0.15) is 0 Å². The van der Waals surface area contributed by atoms with Crippen LogP contribution < -0.4 is 10.6 Å². The van der Waals surface area contributed by atoms with Crippen LogP contribution in [0.1, 0.15) is 25.8 Å². The highest BCUT2D eigenvalue weighted by molar-refractivity contribution is 7.15. The van der Waals surface area contributed by atoms with Crippen molar-refractivity contribution in [1.82, 2.24) is 15.5 Å². The number of nitrogens with zero attached hydrogens (tertiary/aromatic N) is 2. The summed E-state index contributed by atoms with van der Waals surface area (Å²) in [6.07, 6.45) is 0. The minimum atomic E-state index is -1.08. The topological polar surface area (TPSA) is 104 Å². The Morgan fingerprint density at radius 1 is 1.33 bits per heavy atom. The molecule has 2 amide bonds. The highest BCUT2D eigenvalue weighted by Gasteiger charge is 2.32. The first-order valence-electron chi connectivity index (χ1n) is 5.30. The average molecular weight is 272 g/mol. The number of aliphatic carboxylic acids is 1. The maximum Gasteiger partial charge on any atom is 0.326 e. The van der Waals surface area contributed by atoms with E-state index in [2.05, 4.69) is 20.8 Å². The van der Waals surface area contributed by atoms with Gasteiger partial charge < -0.3 is 10.4 Å². The van der Waals surface area contributed by atoms with Gasteiger partial charge in [0.15, 0.2) is 0 Å². The minimum Gasteiger partial charge on any atom is -0.480 e. The summed E-state index contributed by atoms with van der Waals surface area (Å²) in [7, 11) is 0. The molecule has 0 spiro atoms. The predicted molar refractivity (Wildman–Crippen MR) is 67.7 cm³/mol. The number of hydrogen-bond donors (Lipinski definition) is 3. The Bertz CT molecular complexity index is 452. The van der Waals surface area contributed by atoms with Crippen LogP contribution in [0.3, 0.4) is 0 Å². The Morgan fingerprint density at radius 2 is 1.94 bits per heavy atom. The molecule has 7 nitrogen and oxygen atoms in total. The Morgan fingerprint density at radius 3 is 2.33 bits per heavy atom. The number of carboxylic acid groups (broad SMARTS) is 1. The van der Waals surface area contributed by atoms with Gasteiger partial charge in [-0.05, 0) is 12.3 Å². The van der Waals surface area contributed by atoms with Gasteiger partial charge >= 0.3 is 12.0 Å². The molecule has 0 saturated carbocycles. The molecule has 0 fully saturated rings. The standard InChI is InChI=1S/C10H16N4O3S/c1-5-13-14-9(18-5)12-8(17)11-6(7(15)16)10(2,3)4/h6H,1-4H3,(H,15,16)(H2,11,12,14,17)/t6-/m1/s1. The Labute approximate surface area is 109 Å². The molecule has 1 aromatic rings. The zero-order valence-electron chi connectivity index (χ0n) is 10.6. The van der Waals surface area contributed by atoms with Crippen molar-refractivity contribution < 1.29 is 14.7 Å². The lowest BCUT2D eigenvalue weighted by atomic mass is 9.87. The van der Waals surface area contributed by atoms with Crippen molar-refractivity contribution in [3.8, 4) is 0 Å².